The van der Waals surface area contributed by atoms with Gasteiger partial charge in [-0.1, -0.05) is 20.4 Å². The number of ether oxygens (including phenoxy) is 1. The van der Waals surface area contributed by atoms with Crippen LogP contribution in [-0.4, -0.2) is 12.1 Å². The van der Waals surface area contributed by atoms with Crippen molar-refractivity contribution in [3.05, 3.63) is 12.2 Å². The van der Waals surface area contributed by atoms with Gasteiger partial charge >= 0.3 is 5.97 Å². The monoisotopic (exact) mass is 196 g/mol. The molecule has 1 aliphatic carbocycles. The number of rotatable bonds is 3. The first-order valence-corrected chi connectivity index (χ1v) is 5.52. The molecule has 0 atom stereocenters. The highest BCUT2D eigenvalue weighted by molar-refractivity contribution is 5.87. The van der Waals surface area contributed by atoms with Gasteiger partial charge in [0.05, 0.1) is 0 Å². The van der Waals surface area contributed by atoms with E-state index in [0.717, 1.165) is 18.8 Å². The van der Waals surface area contributed by atoms with Crippen LogP contribution in [0.4, 0.5) is 0 Å². The molecule has 1 fully saturated rings. The van der Waals surface area contributed by atoms with Crippen molar-refractivity contribution in [1.82, 2.24) is 0 Å². The topological polar surface area (TPSA) is 26.3 Å². The van der Waals surface area contributed by atoms with Crippen LogP contribution in [0.5, 0.6) is 0 Å². The van der Waals surface area contributed by atoms with E-state index in [9.17, 15) is 4.79 Å². The second-order valence-electron chi connectivity index (χ2n) is 4.24. The third-order valence-corrected chi connectivity index (χ3v) is 2.95. The minimum Gasteiger partial charge on any atom is -0.459 e. The maximum atomic E-state index is 11.4. The summed E-state index contributed by atoms with van der Waals surface area (Å²) in [7, 11) is 0. The molecule has 0 saturated heterocycles. The molecule has 0 aromatic carbocycles. The number of carbonyl (C=O) groups excluding carboxylic acids is 1. The SMILES string of the molecule is C=C(CC)C(=O)OC1CCC(C)CC1. The number of hydrogen-bond acceptors (Lipinski definition) is 2. The number of esters is 1. The van der Waals surface area contributed by atoms with Gasteiger partial charge in [0.1, 0.15) is 6.10 Å². The standard InChI is InChI=1S/C12H20O2/c1-4-10(3)12(13)14-11-7-5-9(2)6-8-11/h9,11H,3-8H2,1-2H3. The molecule has 1 saturated carbocycles. The van der Waals surface area contributed by atoms with E-state index in [1.165, 1.54) is 12.8 Å². The Kier molecular flexibility index (Phi) is 4.18. The van der Waals surface area contributed by atoms with Crippen LogP contribution >= 0.6 is 0 Å². The van der Waals surface area contributed by atoms with Crippen molar-refractivity contribution >= 4 is 5.97 Å². The smallest absolute Gasteiger partial charge is 0.333 e. The number of hydrogen-bond donors (Lipinski definition) is 0. The third-order valence-electron chi connectivity index (χ3n) is 2.95. The van der Waals surface area contributed by atoms with Gasteiger partial charge in [0.15, 0.2) is 0 Å². The zero-order valence-corrected chi connectivity index (χ0v) is 9.21. The molecular weight excluding hydrogens is 176 g/mol. The third kappa shape index (κ3) is 3.17. The molecule has 0 spiro atoms. The van der Waals surface area contributed by atoms with E-state index in [1.54, 1.807) is 0 Å². The zero-order chi connectivity index (χ0) is 10.6. The van der Waals surface area contributed by atoms with Gasteiger partial charge < -0.3 is 4.74 Å². The van der Waals surface area contributed by atoms with Crippen molar-refractivity contribution < 1.29 is 9.53 Å². The van der Waals surface area contributed by atoms with Crippen LogP contribution in [0.15, 0.2) is 12.2 Å². The normalized spacial score (nSPS) is 27.0. The Balaban J connectivity index is 2.31. The summed E-state index contributed by atoms with van der Waals surface area (Å²) in [6.07, 6.45) is 5.21. The predicted octanol–water partition coefficient (Wildman–Crippen LogP) is 3.07. The van der Waals surface area contributed by atoms with Gasteiger partial charge in [-0.25, -0.2) is 4.79 Å². The second-order valence-corrected chi connectivity index (χ2v) is 4.24. The molecule has 0 bridgehead atoms. The van der Waals surface area contributed by atoms with E-state index >= 15 is 0 Å². The quantitative estimate of drug-likeness (QED) is 0.512. The highest BCUT2D eigenvalue weighted by Crippen LogP contribution is 2.26. The molecule has 0 aromatic heterocycles. The maximum absolute atomic E-state index is 11.4. The summed E-state index contributed by atoms with van der Waals surface area (Å²) in [5, 5.41) is 0. The molecule has 2 heteroatoms. The Labute approximate surface area is 86.3 Å². The molecular formula is C12H20O2. The lowest BCUT2D eigenvalue weighted by Gasteiger charge is -2.26. The summed E-state index contributed by atoms with van der Waals surface area (Å²) >= 11 is 0. The van der Waals surface area contributed by atoms with Crippen LogP contribution < -0.4 is 0 Å². The van der Waals surface area contributed by atoms with Gasteiger partial charge in [-0.2, -0.15) is 0 Å². The first kappa shape index (κ1) is 11.3. The fourth-order valence-corrected chi connectivity index (χ4v) is 1.73. The molecule has 0 N–H and O–H groups in total. The average molecular weight is 196 g/mol. The van der Waals surface area contributed by atoms with E-state index in [4.69, 9.17) is 4.74 Å². The first-order chi connectivity index (χ1) is 6.63. The van der Waals surface area contributed by atoms with Crippen LogP contribution in [0, 0.1) is 5.92 Å². The molecule has 1 aliphatic rings. The highest BCUT2D eigenvalue weighted by Gasteiger charge is 2.21. The molecule has 2 nitrogen and oxygen atoms in total. The van der Waals surface area contributed by atoms with Crippen molar-refractivity contribution in [3.63, 3.8) is 0 Å². The summed E-state index contributed by atoms with van der Waals surface area (Å²) in [4.78, 5) is 11.4. The van der Waals surface area contributed by atoms with Crippen molar-refractivity contribution in [2.45, 2.75) is 52.1 Å². The van der Waals surface area contributed by atoms with Crippen LogP contribution in [0.25, 0.3) is 0 Å². The van der Waals surface area contributed by atoms with Crippen molar-refractivity contribution in [3.8, 4) is 0 Å². The van der Waals surface area contributed by atoms with Gasteiger partial charge in [-0.15, -0.1) is 0 Å². The Morgan fingerprint density at radius 1 is 1.36 bits per heavy atom. The molecule has 0 aliphatic heterocycles. The highest BCUT2D eigenvalue weighted by atomic mass is 16.5. The fourth-order valence-electron chi connectivity index (χ4n) is 1.73. The van der Waals surface area contributed by atoms with Crippen LogP contribution in [0.1, 0.15) is 46.0 Å². The van der Waals surface area contributed by atoms with E-state index in [0.29, 0.717) is 12.0 Å². The van der Waals surface area contributed by atoms with E-state index in [1.807, 2.05) is 6.92 Å². The Bertz CT molecular complexity index is 212. The molecule has 0 radical (unpaired) electrons. The second kappa shape index (κ2) is 5.18. The van der Waals surface area contributed by atoms with E-state index in [2.05, 4.69) is 13.5 Å². The summed E-state index contributed by atoms with van der Waals surface area (Å²) < 4.78 is 5.35. The van der Waals surface area contributed by atoms with Crippen LogP contribution in [0.3, 0.4) is 0 Å². The maximum Gasteiger partial charge on any atom is 0.333 e. The zero-order valence-electron chi connectivity index (χ0n) is 9.21. The van der Waals surface area contributed by atoms with E-state index < -0.39 is 0 Å². The van der Waals surface area contributed by atoms with Gasteiger partial charge in [0, 0.05) is 5.57 Å². The van der Waals surface area contributed by atoms with Gasteiger partial charge in [0.2, 0.25) is 0 Å². The molecule has 0 amide bonds. The molecule has 14 heavy (non-hydrogen) atoms. The van der Waals surface area contributed by atoms with E-state index in [-0.39, 0.29) is 12.1 Å². The largest absolute Gasteiger partial charge is 0.459 e. The van der Waals surface area contributed by atoms with Crippen molar-refractivity contribution in [1.29, 1.82) is 0 Å². The van der Waals surface area contributed by atoms with Crippen LogP contribution in [0.2, 0.25) is 0 Å². The summed E-state index contributed by atoms with van der Waals surface area (Å²) in [6.45, 7) is 7.86. The van der Waals surface area contributed by atoms with Gasteiger partial charge in [-0.05, 0) is 38.0 Å². The molecule has 80 valence electrons. The van der Waals surface area contributed by atoms with Crippen molar-refractivity contribution in [2.24, 2.45) is 5.92 Å². The number of carbonyl (C=O) groups is 1. The molecule has 0 unspecified atom stereocenters. The minimum absolute atomic E-state index is 0.141. The average Bonchev–Trinajstić information content (AvgIpc) is 2.20. The van der Waals surface area contributed by atoms with Crippen molar-refractivity contribution in [2.75, 3.05) is 0 Å². The van der Waals surface area contributed by atoms with Crippen LogP contribution in [-0.2, 0) is 9.53 Å². The Hall–Kier alpha value is -0.790. The summed E-state index contributed by atoms with van der Waals surface area (Å²) in [5.74, 6) is 0.589. The lowest BCUT2D eigenvalue weighted by molar-refractivity contribution is -0.146. The molecule has 1 rings (SSSR count). The lowest BCUT2D eigenvalue weighted by atomic mass is 9.89. The van der Waals surface area contributed by atoms with Gasteiger partial charge in [-0.3, -0.25) is 0 Å². The Morgan fingerprint density at radius 2 is 1.93 bits per heavy atom. The predicted molar refractivity (Wildman–Crippen MR) is 56.9 cm³/mol. The minimum atomic E-state index is -0.202. The fraction of sp³-hybridized carbons (Fsp3) is 0.750. The first-order valence-electron chi connectivity index (χ1n) is 5.52. The van der Waals surface area contributed by atoms with Gasteiger partial charge in [0.25, 0.3) is 0 Å². The molecule has 0 aromatic rings. The Morgan fingerprint density at radius 3 is 2.43 bits per heavy atom. The lowest BCUT2D eigenvalue weighted by Crippen LogP contribution is -2.24. The molecule has 0 heterocycles. The summed E-state index contributed by atoms with van der Waals surface area (Å²) in [5.41, 5.74) is 0.587. The summed E-state index contributed by atoms with van der Waals surface area (Å²) in [6, 6.07) is 0.